The number of esters is 1. The number of rotatable bonds is 2. The van der Waals surface area contributed by atoms with E-state index in [1.165, 1.54) is 6.92 Å². The Balaban J connectivity index is 2.07. The number of carbonyl (C=O) groups excluding carboxylic acids is 1. The quantitative estimate of drug-likeness (QED) is 0.562. The highest BCUT2D eigenvalue weighted by molar-refractivity contribution is 9.10. The first kappa shape index (κ1) is 17.6. The molecule has 0 radical (unpaired) electrons. The molecule has 26 heavy (non-hydrogen) atoms. The van der Waals surface area contributed by atoms with Gasteiger partial charge in [0.2, 0.25) is 0 Å². The van der Waals surface area contributed by atoms with Crippen molar-refractivity contribution in [3.05, 3.63) is 68.3 Å². The molecule has 1 aromatic heterocycles. The fraction of sp³-hybridized carbons (Fsp3) is 0.250. The molecule has 6 heteroatoms. The topological polar surface area (TPSA) is 51.3 Å². The normalized spacial score (nSPS) is 19.4. The van der Waals surface area contributed by atoms with Gasteiger partial charge in [0.05, 0.1) is 22.8 Å². The lowest BCUT2D eigenvalue weighted by atomic mass is 9.94. The van der Waals surface area contributed by atoms with Crippen molar-refractivity contribution in [2.24, 2.45) is 0 Å². The molecule has 0 amide bonds. The second-order valence-electron chi connectivity index (χ2n) is 6.39. The first-order valence-electron chi connectivity index (χ1n) is 8.32. The number of aromatic amines is 1. The molecule has 0 saturated carbocycles. The van der Waals surface area contributed by atoms with Crippen LogP contribution in [0.1, 0.15) is 29.3 Å². The number of aryl methyl sites for hydroxylation is 1. The van der Waals surface area contributed by atoms with Crippen molar-refractivity contribution >= 4 is 44.4 Å². The summed E-state index contributed by atoms with van der Waals surface area (Å²) in [4.78, 5) is 15.3. The summed E-state index contributed by atoms with van der Waals surface area (Å²) in [5, 5.41) is 1.64. The van der Waals surface area contributed by atoms with Crippen molar-refractivity contribution in [3.8, 4) is 0 Å². The minimum atomic E-state index is -1.31. The first-order valence-corrected chi connectivity index (χ1v) is 9.50. The van der Waals surface area contributed by atoms with Crippen LogP contribution in [0.4, 0.5) is 0 Å². The number of halogens is 2. The van der Waals surface area contributed by atoms with Crippen LogP contribution < -0.4 is 0 Å². The average Bonchev–Trinajstić information content (AvgIpc) is 3.02. The smallest absolute Gasteiger partial charge is 0.305 e. The number of hydrogen-bond donors (Lipinski definition) is 1. The van der Waals surface area contributed by atoms with Crippen LogP contribution in [0.3, 0.4) is 0 Å². The molecule has 4 rings (SSSR count). The van der Waals surface area contributed by atoms with E-state index in [9.17, 15) is 4.79 Å². The molecule has 0 saturated heterocycles. The highest BCUT2D eigenvalue weighted by Gasteiger charge is 2.46. The van der Waals surface area contributed by atoms with Crippen LogP contribution in [0.2, 0.25) is 5.02 Å². The summed E-state index contributed by atoms with van der Waals surface area (Å²) >= 11 is 10.2. The van der Waals surface area contributed by atoms with Gasteiger partial charge < -0.3 is 14.5 Å². The van der Waals surface area contributed by atoms with E-state index in [0.717, 1.165) is 32.1 Å². The van der Waals surface area contributed by atoms with Gasteiger partial charge in [-0.3, -0.25) is 4.79 Å². The van der Waals surface area contributed by atoms with Gasteiger partial charge in [-0.05, 0) is 46.5 Å². The third-order valence-electron chi connectivity index (χ3n) is 4.68. The number of carbonyl (C=O) groups is 1. The molecule has 2 heterocycles. The van der Waals surface area contributed by atoms with Gasteiger partial charge >= 0.3 is 5.97 Å². The van der Waals surface area contributed by atoms with Crippen LogP contribution in [-0.2, 0) is 26.5 Å². The Labute approximate surface area is 164 Å². The number of H-pyrrole nitrogens is 1. The first-order chi connectivity index (χ1) is 12.4. The molecule has 1 aliphatic rings. The molecule has 134 valence electrons. The Morgan fingerprint density at radius 1 is 1.35 bits per heavy atom. The number of ether oxygens (including phenoxy) is 2. The van der Waals surface area contributed by atoms with Crippen molar-refractivity contribution in [2.45, 2.75) is 26.1 Å². The van der Waals surface area contributed by atoms with Crippen LogP contribution in [0.25, 0.3) is 10.9 Å². The molecule has 1 aliphatic heterocycles. The van der Waals surface area contributed by atoms with Gasteiger partial charge in [0.15, 0.2) is 0 Å². The monoisotopic (exact) mass is 433 g/mol. The average molecular weight is 435 g/mol. The van der Waals surface area contributed by atoms with E-state index < -0.39 is 11.8 Å². The van der Waals surface area contributed by atoms with Crippen molar-refractivity contribution in [2.75, 3.05) is 6.61 Å². The summed E-state index contributed by atoms with van der Waals surface area (Å²) in [6, 6.07) is 11.4. The molecule has 0 aliphatic carbocycles. The minimum absolute atomic E-state index is 0.415. The summed E-state index contributed by atoms with van der Waals surface area (Å²) in [5.41, 5.74) is 4.38. The van der Waals surface area contributed by atoms with Crippen molar-refractivity contribution in [3.63, 3.8) is 0 Å². The van der Waals surface area contributed by atoms with E-state index in [1.54, 1.807) is 0 Å². The predicted octanol–water partition coefficient (Wildman–Crippen LogP) is 5.23. The number of hydrogen-bond acceptors (Lipinski definition) is 3. The highest BCUT2D eigenvalue weighted by atomic mass is 79.9. The second kappa shape index (κ2) is 6.41. The van der Waals surface area contributed by atoms with Crippen LogP contribution in [0.5, 0.6) is 0 Å². The van der Waals surface area contributed by atoms with Crippen LogP contribution in [-0.4, -0.2) is 17.6 Å². The maximum absolute atomic E-state index is 12.0. The Morgan fingerprint density at radius 2 is 2.08 bits per heavy atom. The number of fused-ring (bicyclic) bond motifs is 3. The third kappa shape index (κ3) is 2.57. The van der Waals surface area contributed by atoms with Gasteiger partial charge in [-0.1, -0.05) is 41.9 Å². The molecule has 0 spiro atoms. The van der Waals surface area contributed by atoms with Crippen LogP contribution >= 0.6 is 27.5 Å². The zero-order valence-corrected chi connectivity index (χ0v) is 16.7. The van der Waals surface area contributed by atoms with Gasteiger partial charge in [0, 0.05) is 22.3 Å². The minimum Gasteiger partial charge on any atom is -0.422 e. The zero-order chi connectivity index (χ0) is 18.5. The summed E-state index contributed by atoms with van der Waals surface area (Å²) in [6.07, 6.45) is 0.698. The van der Waals surface area contributed by atoms with Crippen LogP contribution in [0, 0.1) is 6.92 Å². The molecule has 4 nitrogen and oxygen atoms in total. The lowest BCUT2D eigenvalue weighted by Gasteiger charge is -2.36. The number of aromatic nitrogens is 1. The molecule has 1 unspecified atom stereocenters. The van der Waals surface area contributed by atoms with E-state index in [0.29, 0.717) is 23.7 Å². The molecular formula is C20H17BrClNO3. The molecule has 1 atom stereocenters. The largest absolute Gasteiger partial charge is 0.422 e. The molecule has 3 aromatic rings. The summed E-state index contributed by atoms with van der Waals surface area (Å²) < 4.78 is 12.9. The maximum Gasteiger partial charge on any atom is 0.305 e. The zero-order valence-electron chi connectivity index (χ0n) is 14.4. The van der Waals surface area contributed by atoms with Gasteiger partial charge in [-0.2, -0.15) is 0 Å². The molecule has 2 aromatic carbocycles. The second-order valence-corrected chi connectivity index (χ2v) is 7.59. The lowest BCUT2D eigenvalue weighted by Crippen LogP contribution is -2.40. The van der Waals surface area contributed by atoms with Crippen molar-refractivity contribution < 1.29 is 14.3 Å². The van der Waals surface area contributed by atoms with Crippen LogP contribution in [0.15, 0.2) is 40.9 Å². The predicted molar refractivity (Wildman–Crippen MR) is 104 cm³/mol. The van der Waals surface area contributed by atoms with E-state index in [-0.39, 0.29) is 0 Å². The summed E-state index contributed by atoms with van der Waals surface area (Å²) in [5.74, 6) is -1.72. The molecule has 1 N–H and O–H groups in total. The molecule has 0 fully saturated rings. The SMILES string of the molecule is CC(=O)OC1(c2ccccc2)OCCc2c1[nH]c1c(Cl)cc(C)c(Br)c21. The van der Waals surface area contributed by atoms with Gasteiger partial charge in [-0.15, -0.1) is 0 Å². The Hall–Kier alpha value is -1.82. The maximum atomic E-state index is 12.0. The molecular weight excluding hydrogens is 418 g/mol. The van der Waals surface area contributed by atoms with E-state index >= 15 is 0 Å². The van der Waals surface area contributed by atoms with Gasteiger partial charge in [0.25, 0.3) is 5.79 Å². The lowest BCUT2D eigenvalue weighted by molar-refractivity contribution is -0.222. The van der Waals surface area contributed by atoms with E-state index in [4.69, 9.17) is 21.1 Å². The van der Waals surface area contributed by atoms with Gasteiger partial charge in [-0.25, -0.2) is 0 Å². The van der Waals surface area contributed by atoms with Gasteiger partial charge in [0.1, 0.15) is 0 Å². The van der Waals surface area contributed by atoms with E-state index in [2.05, 4.69) is 20.9 Å². The number of benzene rings is 2. The standard InChI is InChI=1S/C20H17BrClNO3/c1-11-10-15(22)18-16(17(11)21)14-8-9-25-20(19(14)23-18,26-12(2)24)13-6-4-3-5-7-13/h3-7,10,23H,8-9H2,1-2H3. The highest BCUT2D eigenvalue weighted by Crippen LogP contribution is 2.46. The number of nitrogens with one attached hydrogen (secondary N) is 1. The van der Waals surface area contributed by atoms with E-state index in [1.807, 2.05) is 43.3 Å². The summed E-state index contributed by atoms with van der Waals surface area (Å²) in [7, 11) is 0. The third-order valence-corrected chi connectivity index (χ3v) is 6.00. The Bertz CT molecular complexity index is 1020. The summed E-state index contributed by atoms with van der Waals surface area (Å²) in [6.45, 7) is 3.82. The molecule has 0 bridgehead atoms. The van der Waals surface area contributed by atoms with Crippen molar-refractivity contribution in [1.82, 2.24) is 4.98 Å². The fourth-order valence-electron chi connectivity index (χ4n) is 3.61. The Kier molecular flexibility index (Phi) is 4.34. The fourth-order valence-corrected chi connectivity index (χ4v) is 4.47. The Morgan fingerprint density at radius 3 is 2.77 bits per heavy atom. The van der Waals surface area contributed by atoms with Crippen molar-refractivity contribution in [1.29, 1.82) is 0 Å².